The summed E-state index contributed by atoms with van der Waals surface area (Å²) in [5, 5.41) is 13.1. The van der Waals surface area contributed by atoms with Crippen LogP contribution in [0.5, 0.6) is 11.5 Å². The lowest BCUT2D eigenvalue weighted by molar-refractivity contribution is -0.115. The van der Waals surface area contributed by atoms with Crippen molar-refractivity contribution in [1.29, 1.82) is 5.26 Å². The third-order valence-electron chi connectivity index (χ3n) is 2.56. The van der Waals surface area contributed by atoms with E-state index in [9.17, 15) is 9.59 Å². The predicted molar refractivity (Wildman–Crippen MR) is 81.5 cm³/mol. The zero-order valence-corrected chi connectivity index (χ0v) is 13.1. The van der Waals surface area contributed by atoms with E-state index in [4.69, 9.17) is 14.7 Å². The molecular formula is C13H10IN3O4. The summed E-state index contributed by atoms with van der Waals surface area (Å²) in [5.74, 6) is 0.411. The SMILES string of the molecule is COc1cc(C=C2NC(=O)NC2=O)cc(I)c1OCC#N. The fraction of sp³-hybridized carbons (Fsp3) is 0.154. The minimum atomic E-state index is -0.554. The topological polar surface area (TPSA) is 100 Å². The summed E-state index contributed by atoms with van der Waals surface area (Å²) < 4.78 is 11.2. The molecule has 108 valence electrons. The molecule has 1 fully saturated rings. The first-order valence-corrected chi connectivity index (χ1v) is 6.84. The molecule has 2 rings (SSSR count). The molecule has 0 radical (unpaired) electrons. The van der Waals surface area contributed by atoms with E-state index >= 15 is 0 Å². The van der Waals surface area contributed by atoms with Gasteiger partial charge in [-0.3, -0.25) is 10.1 Å². The second-order valence-electron chi connectivity index (χ2n) is 3.95. The Kier molecular flexibility index (Phi) is 4.64. The Labute approximate surface area is 134 Å². The maximum atomic E-state index is 11.5. The fourth-order valence-electron chi connectivity index (χ4n) is 1.72. The third kappa shape index (κ3) is 3.43. The van der Waals surface area contributed by atoms with Crippen LogP contribution in [0.3, 0.4) is 0 Å². The standard InChI is InChI=1S/C13H10IN3O4/c1-20-10-6-7(4-8(14)11(10)21-3-2-15)5-9-12(18)17-13(19)16-9/h4-6H,3H2,1H3,(H2,16,17,18,19). The van der Waals surface area contributed by atoms with Gasteiger partial charge in [0, 0.05) is 0 Å². The zero-order valence-electron chi connectivity index (χ0n) is 10.9. The van der Waals surface area contributed by atoms with E-state index < -0.39 is 11.9 Å². The van der Waals surface area contributed by atoms with Gasteiger partial charge in [0.15, 0.2) is 18.1 Å². The molecule has 1 aromatic rings. The van der Waals surface area contributed by atoms with Gasteiger partial charge < -0.3 is 14.8 Å². The summed E-state index contributed by atoms with van der Waals surface area (Å²) in [6.07, 6.45) is 1.53. The van der Waals surface area contributed by atoms with Gasteiger partial charge in [0.25, 0.3) is 5.91 Å². The second-order valence-corrected chi connectivity index (χ2v) is 5.11. The molecule has 0 aliphatic carbocycles. The van der Waals surface area contributed by atoms with Gasteiger partial charge >= 0.3 is 6.03 Å². The molecule has 1 heterocycles. The monoisotopic (exact) mass is 399 g/mol. The van der Waals surface area contributed by atoms with Crippen LogP contribution in [0.15, 0.2) is 17.8 Å². The van der Waals surface area contributed by atoms with Crippen molar-refractivity contribution in [3.05, 3.63) is 27.0 Å². The predicted octanol–water partition coefficient (Wildman–Crippen LogP) is 1.38. The molecule has 1 aromatic carbocycles. The average Bonchev–Trinajstić information content (AvgIpc) is 2.75. The number of methoxy groups -OCH3 is 1. The van der Waals surface area contributed by atoms with Crippen LogP contribution < -0.4 is 20.1 Å². The summed E-state index contributed by atoms with van der Waals surface area (Å²) in [5.41, 5.74) is 0.816. The molecule has 0 saturated carbocycles. The molecular weight excluding hydrogens is 389 g/mol. The summed E-state index contributed by atoms with van der Waals surface area (Å²) in [6.45, 7) is -0.0920. The van der Waals surface area contributed by atoms with Crippen molar-refractivity contribution in [3.63, 3.8) is 0 Å². The first kappa shape index (κ1) is 15.1. The van der Waals surface area contributed by atoms with Gasteiger partial charge in [0.2, 0.25) is 0 Å². The number of hydrogen-bond acceptors (Lipinski definition) is 5. The Balaban J connectivity index is 2.37. The van der Waals surface area contributed by atoms with Gasteiger partial charge in [0.1, 0.15) is 11.8 Å². The van der Waals surface area contributed by atoms with E-state index in [1.54, 1.807) is 12.1 Å². The van der Waals surface area contributed by atoms with E-state index in [-0.39, 0.29) is 12.3 Å². The molecule has 1 aliphatic heterocycles. The number of ether oxygens (including phenoxy) is 2. The van der Waals surface area contributed by atoms with Crippen LogP contribution in [0.1, 0.15) is 5.56 Å². The number of nitrogens with one attached hydrogen (secondary N) is 2. The van der Waals surface area contributed by atoms with Crippen molar-refractivity contribution in [2.24, 2.45) is 0 Å². The Morgan fingerprint density at radius 2 is 2.14 bits per heavy atom. The van der Waals surface area contributed by atoms with Gasteiger partial charge in [-0.2, -0.15) is 5.26 Å². The minimum absolute atomic E-state index is 0.0920. The first-order chi connectivity index (χ1) is 10.0. The van der Waals surface area contributed by atoms with Gasteiger partial charge in [-0.15, -0.1) is 0 Å². The second kappa shape index (κ2) is 6.45. The Morgan fingerprint density at radius 3 is 2.71 bits per heavy atom. The van der Waals surface area contributed by atoms with Crippen LogP contribution in [0.2, 0.25) is 0 Å². The maximum absolute atomic E-state index is 11.5. The van der Waals surface area contributed by atoms with E-state index in [1.807, 2.05) is 28.7 Å². The highest BCUT2D eigenvalue weighted by atomic mass is 127. The lowest BCUT2D eigenvalue weighted by atomic mass is 10.1. The van der Waals surface area contributed by atoms with Gasteiger partial charge in [-0.05, 0) is 46.4 Å². The number of rotatable bonds is 4. The minimum Gasteiger partial charge on any atom is -0.493 e. The zero-order chi connectivity index (χ0) is 15.4. The number of nitriles is 1. The number of carbonyl (C=O) groups is 2. The van der Waals surface area contributed by atoms with Crippen molar-refractivity contribution in [3.8, 4) is 17.6 Å². The van der Waals surface area contributed by atoms with E-state index in [2.05, 4.69) is 10.6 Å². The highest BCUT2D eigenvalue weighted by molar-refractivity contribution is 14.1. The maximum Gasteiger partial charge on any atom is 0.326 e. The molecule has 1 aliphatic rings. The van der Waals surface area contributed by atoms with E-state index in [1.165, 1.54) is 13.2 Å². The van der Waals surface area contributed by atoms with Crippen molar-refractivity contribution in [1.82, 2.24) is 10.6 Å². The number of benzene rings is 1. The lowest BCUT2D eigenvalue weighted by Gasteiger charge is -2.11. The van der Waals surface area contributed by atoms with Crippen LogP contribution in [0.4, 0.5) is 4.79 Å². The van der Waals surface area contributed by atoms with Crippen molar-refractivity contribution in [2.45, 2.75) is 0 Å². The Bertz CT molecular complexity index is 679. The number of halogens is 1. The third-order valence-corrected chi connectivity index (χ3v) is 3.37. The van der Waals surface area contributed by atoms with Gasteiger partial charge in [-0.25, -0.2) is 4.79 Å². The summed E-state index contributed by atoms with van der Waals surface area (Å²) in [7, 11) is 1.48. The normalized spacial score (nSPS) is 15.4. The van der Waals surface area contributed by atoms with Crippen LogP contribution in [-0.4, -0.2) is 25.7 Å². The fourth-order valence-corrected chi connectivity index (χ4v) is 2.50. The molecule has 0 atom stereocenters. The summed E-state index contributed by atoms with van der Waals surface area (Å²) in [6, 6.07) is 4.73. The smallest absolute Gasteiger partial charge is 0.326 e. The number of imide groups is 1. The molecule has 1 saturated heterocycles. The molecule has 21 heavy (non-hydrogen) atoms. The average molecular weight is 399 g/mol. The number of carbonyl (C=O) groups excluding carboxylic acids is 2. The molecule has 8 heteroatoms. The molecule has 7 nitrogen and oxygen atoms in total. The highest BCUT2D eigenvalue weighted by Gasteiger charge is 2.23. The van der Waals surface area contributed by atoms with Crippen LogP contribution in [0.25, 0.3) is 6.08 Å². The molecule has 3 amide bonds. The Hall–Kier alpha value is -2.28. The molecule has 0 spiro atoms. The molecule has 0 bridgehead atoms. The summed E-state index contributed by atoms with van der Waals surface area (Å²) in [4.78, 5) is 22.5. The van der Waals surface area contributed by atoms with Crippen LogP contribution >= 0.6 is 22.6 Å². The summed E-state index contributed by atoms with van der Waals surface area (Å²) >= 11 is 2.04. The van der Waals surface area contributed by atoms with E-state index in [0.717, 1.165) is 3.57 Å². The largest absolute Gasteiger partial charge is 0.493 e. The van der Waals surface area contributed by atoms with Crippen LogP contribution in [-0.2, 0) is 4.79 Å². The Morgan fingerprint density at radius 1 is 1.38 bits per heavy atom. The number of urea groups is 1. The van der Waals surface area contributed by atoms with Crippen molar-refractivity contribution >= 4 is 40.6 Å². The van der Waals surface area contributed by atoms with Gasteiger partial charge in [-0.1, -0.05) is 0 Å². The number of amides is 3. The number of hydrogen-bond donors (Lipinski definition) is 2. The van der Waals surface area contributed by atoms with Gasteiger partial charge in [0.05, 0.1) is 10.7 Å². The molecule has 2 N–H and O–H groups in total. The number of nitrogens with zero attached hydrogens (tertiary/aromatic N) is 1. The van der Waals surface area contributed by atoms with Crippen molar-refractivity contribution < 1.29 is 19.1 Å². The first-order valence-electron chi connectivity index (χ1n) is 5.76. The highest BCUT2D eigenvalue weighted by Crippen LogP contribution is 2.34. The van der Waals surface area contributed by atoms with Crippen LogP contribution in [0, 0.1) is 14.9 Å². The molecule has 0 unspecified atom stereocenters. The van der Waals surface area contributed by atoms with E-state index in [0.29, 0.717) is 17.1 Å². The van der Waals surface area contributed by atoms with Crippen molar-refractivity contribution in [2.75, 3.05) is 13.7 Å². The lowest BCUT2D eigenvalue weighted by Crippen LogP contribution is -2.22. The molecule has 0 aromatic heterocycles. The quantitative estimate of drug-likeness (QED) is 0.453.